The van der Waals surface area contributed by atoms with Gasteiger partial charge in [0.05, 0.1) is 14.2 Å². The SMILES string of the molecule is COc1cc(NC(=O)CC[C@H]2CCCN(C3CCCCC3)C2)cc(OC)c1. The molecule has 0 aromatic heterocycles. The van der Waals surface area contributed by atoms with E-state index in [9.17, 15) is 4.79 Å². The monoisotopic (exact) mass is 374 g/mol. The summed E-state index contributed by atoms with van der Waals surface area (Å²) in [5.41, 5.74) is 0.726. The molecule has 0 bridgehead atoms. The van der Waals surface area contributed by atoms with Crippen LogP contribution in [0.15, 0.2) is 18.2 Å². The quantitative estimate of drug-likeness (QED) is 0.765. The first-order valence-electron chi connectivity index (χ1n) is 10.4. The lowest BCUT2D eigenvalue weighted by Crippen LogP contribution is -2.43. The van der Waals surface area contributed by atoms with Crippen LogP contribution in [0.3, 0.4) is 0 Å². The number of rotatable bonds is 7. The maximum atomic E-state index is 12.4. The van der Waals surface area contributed by atoms with Gasteiger partial charge in [0, 0.05) is 42.9 Å². The number of anilines is 1. The van der Waals surface area contributed by atoms with Crippen LogP contribution in [-0.2, 0) is 4.79 Å². The zero-order chi connectivity index (χ0) is 19.1. The maximum absolute atomic E-state index is 12.4. The molecule has 5 nitrogen and oxygen atoms in total. The highest BCUT2D eigenvalue weighted by Gasteiger charge is 2.27. The highest BCUT2D eigenvalue weighted by molar-refractivity contribution is 5.91. The predicted molar refractivity (Wildman–Crippen MR) is 109 cm³/mol. The van der Waals surface area contributed by atoms with Crippen molar-refractivity contribution in [2.24, 2.45) is 5.92 Å². The molecule has 3 rings (SSSR count). The number of hydrogen-bond acceptors (Lipinski definition) is 4. The lowest BCUT2D eigenvalue weighted by molar-refractivity contribution is -0.116. The summed E-state index contributed by atoms with van der Waals surface area (Å²) >= 11 is 0. The maximum Gasteiger partial charge on any atom is 0.224 e. The lowest BCUT2D eigenvalue weighted by atomic mass is 9.88. The van der Waals surface area contributed by atoms with Crippen molar-refractivity contribution in [3.63, 3.8) is 0 Å². The minimum Gasteiger partial charge on any atom is -0.497 e. The van der Waals surface area contributed by atoms with E-state index in [4.69, 9.17) is 9.47 Å². The van der Waals surface area contributed by atoms with Gasteiger partial charge in [-0.1, -0.05) is 19.3 Å². The summed E-state index contributed by atoms with van der Waals surface area (Å²) in [7, 11) is 3.23. The Morgan fingerprint density at radius 2 is 1.74 bits per heavy atom. The Morgan fingerprint density at radius 3 is 2.41 bits per heavy atom. The van der Waals surface area contributed by atoms with E-state index >= 15 is 0 Å². The number of nitrogens with zero attached hydrogens (tertiary/aromatic N) is 1. The number of benzene rings is 1. The molecule has 0 radical (unpaired) electrons. The summed E-state index contributed by atoms with van der Waals surface area (Å²) in [5, 5.41) is 2.99. The molecule has 1 saturated carbocycles. The topological polar surface area (TPSA) is 50.8 Å². The molecule has 1 aromatic carbocycles. The number of piperidine rings is 1. The van der Waals surface area contributed by atoms with E-state index in [1.54, 1.807) is 20.3 Å². The van der Waals surface area contributed by atoms with Crippen LogP contribution in [0.4, 0.5) is 5.69 Å². The third-order valence-corrected chi connectivity index (χ3v) is 6.06. The van der Waals surface area contributed by atoms with E-state index in [1.807, 2.05) is 12.1 Å². The summed E-state index contributed by atoms with van der Waals surface area (Å²) in [6.07, 6.45) is 11.0. The van der Waals surface area contributed by atoms with Crippen LogP contribution in [0, 0.1) is 5.92 Å². The Kier molecular flexibility index (Phi) is 7.39. The predicted octanol–water partition coefficient (Wildman–Crippen LogP) is 4.47. The van der Waals surface area contributed by atoms with Gasteiger partial charge in [-0.25, -0.2) is 0 Å². The molecule has 5 heteroatoms. The van der Waals surface area contributed by atoms with Crippen molar-refractivity contribution in [3.8, 4) is 11.5 Å². The molecule has 1 saturated heterocycles. The molecule has 150 valence electrons. The van der Waals surface area contributed by atoms with Gasteiger partial charge in [0.15, 0.2) is 0 Å². The summed E-state index contributed by atoms with van der Waals surface area (Å²) in [6.45, 7) is 2.42. The fourth-order valence-corrected chi connectivity index (χ4v) is 4.55. The number of carbonyl (C=O) groups is 1. The van der Waals surface area contributed by atoms with Crippen molar-refractivity contribution < 1.29 is 14.3 Å². The number of nitrogens with one attached hydrogen (secondary N) is 1. The first-order valence-corrected chi connectivity index (χ1v) is 10.4. The van der Waals surface area contributed by atoms with Gasteiger partial charge in [-0.2, -0.15) is 0 Å². The number of methoxy groups -OCH3 is 2. The molecule has 2 fully saturated rings. The molecule has 1 aliphatic heterocycles. The van der Waals surface area contributed by atoms with Crippen LogP contribution >= 0.6 is 0 Å². The second kappa shape index (κ2) is 9.98. The first kappa shape index (κ1) is 20.0. The zero-order valence-electron chi connectivity index (χ0n) is 16.8. The van der Waals surface area contributed by atoms with E-state index in [1.165, 1.54) is 58.0 Å². The molecule has 1 amide bonds. The molecule has 1 N–H and O–H groups in total. The fraction of sp³-hybridized carbons (Fsp3) is 0.682. The van der Waals surface area contributed by atoms with Gasteiger partial charge >= 0.3 is 0 Å². The number of ether oxygens (including phenoxy) is 2. The van der Waals surface area contributed by atoms with E-state index < -0.39 is 0 Å². The van der Waals surface area contributed by atoms with Crippen molar-refractivity contribution in [2.75, 3.05) is 32.6 Å². The fourth-order valence-electron chi connectivity index (χ4n) is 4.55. The van der Waals surface area contributed by atoms with E-state index in [0.717, 1.165) is 18.2 Å². The Morgan fingerprint density at radius 1 is 1.04 bits per heavy atom. The standard InChI is InChI=1S/C22H34N2O3/c1-26-20-13-18(14-21(15-20)27-2)23-22(25)11-10-17-7-6-12-24(16-17)19-8-4-3-5-9-19/h13-15,17,19H,3-12,16H2,1-2H3,(H,23,25)/t17-/m1/s1. The van der Waals surface area contributed by atoms with Gasteiger partial charge in [-0.3, -0.25) is 4.79 Å². The molecular formula is C22H34N2O3. The van der Waals surface area contributed by atoms with Crippen LogP contribution in [0.1, 0.15) is 57.8 Å². The average molecular weight is 375 g/mol. The molecule has 1 aliphatic carbocycles. The van der Waals surface area contributed by atoms with E-state index in [2.05, 4.69) is 10.2 Å². The van der Waals surface area contributed by atoms with E-state index in [-0.39, 0.29) is 5.91 Å². The summed E-state index contributed by atoms with van der Waals surface area (Å²) < 4.78 is 10.5. The summed E-state index contributed by atoms with van der Waals surface area (Å²) in [6, 6.07) is 6.24. The number of hydrogen-bond donors (Lipinski definition) is 1. The highest BCUT2D eigenvalue weighted by atomic mass is 16.5. The third kappa shape index (κ3) is 5.86. The molecule has 1 heterocycles. The minimum absolute atomic E-state index is 0.0695. The van der Waals surface area contributed by atoms with Crippen molar-refractivity contribution in [1.82, 2.24) is 4.90 Å². The normalized spacial score (nSPS) is 21.6. The largest absolute Gasteiger partial charge is 0.497 e. The van der Waals surface area contributed by atoms with Gasteiger partial charge in [0.1, 0.15) is 11.5 Å². The van der Waals surface area contributed by atoms with Gasteiger partial charge < -0.3 is 19.7 Å². The molecule has 2 aliphatic rings. The molecule has 27 heavy (non-hydrogen) atoms. The van der Waals surface area contributed by atoms with Crippen LogP contribution in [-0.4, -0.2) is 44.2 Å². The molecule has 0 spiro atoms. The number of amides is 1. The Bertz CT molecular complexity index is 591. The number of carbonyl (C=O) groups excluding carboxylic acids is 1. The molecule has 0 unspecified atom stereocenters. The third-order valence-electron chi connectivity index (χ3n) is 6.06. The van der Waals surface area contributed by atoms with Crippen molar-refractivity contribution in [1.29, 1.82) is 0 Å². The second-order valence-corrected chi connectivity index (χ2v) is 7.98. The van der Waals surface area contributed by atoms with Crippen molar-refractivity contribution in [2.45, 2.75) is 63.8 Å². The minimum atomic E-state index is 0.0695. The van der Waals surface area contributed by atoms with Crippen LogP contribution < -0.4 is 14.8 Å². The van der Waals surface area contributed by atoms with Gasteiger partial charge in [0.25, 0.3) is 0 Å². The summed E-state index contributed by atoms with van der Waals surface area (Å²) in [5.74, 6) is 2.08. The lowest BCUT2D eigenvalue weighted by Gasteiger charge is -2.40. The highest BCUT2D eigenvalue weighted by Crippen LogP contribution is 2.29. The zero-order valence-corrected chi connectivity index (χ0v) is 16.8. The Hall–Kier alpha value is -1.75. The summed E-state index contributed by atoms with van der Waals surface area (Å²) in [4.78, 5) is 15.1. The van der Waals surface area contributed by atoms with Gasteiger partial charge in [-0.15, -0.1) is 0 Å². The van der Waals surface area contributed by atoms with Crippen molar-refractivity contribution >= 4 is 11.6 Å². The Labute approximate surface area is 163 Å². The average Bonchev–Trinajstić information content (AvgIpc) is 2.72. The number of likely N-dealkylation sites (tertiary alicyclic amines) is 1. The van der Waals surface area contributed by atoms with Crippen LogP contribution in [0.5, 0.6) is 11.5 Å². The first-order chi connectivity index (χ1) is 13.2. The van der Waals surface area contributed by atoms with Crippen molar-refractivity contribution in [3.05, 3.63) is 18.2 Å². The van der Waals surface area contributed by atoms with Crippen LogP contribution in [0.25, 0.3) is 0 Å². The van der Waals surface area contributed by atoms with E-state index in [0.29, 0.717) is 23.8 Å². The molecule has 1 aromatic rings. The molecule has 1 atom stereocenters. The smallest absolute Gasteiger partial charge is 0.224 e. The van der Waals surface area contributed by atoms with Gasteiger partial charge in [0.2, 0.25) is 5.91 Å². The second-order valence-electron chi connectivity index (χ2n) is 7.98. The van der Waals surface area contributed by atoms with Gasteiger partial charge in [-0.05, 0) is 44.6 Å². The van der Waals surface area contributed by atoms with Crippen LogP contribution in [0.2, 0.25) is 0 Å². The molecular weight excluding hydrogens is 340 g/mol. The Balaban J connectivity index is 1.47.